The van der Waals surface area contributed by atoms with Gasteiger partial charge in [0.05, 0.1) is 11.4 Å². The number of rotatable bonds is 3. The van der Waals surface area contributed by atoms with Crippen molar-refractivity contribution < 1.29 is 5.11 Å². The zero-order valence-electron chi connectivity index (χ0n) is 11.3. The van der Waals surface area contributed by atoms with Gasteiger partial charge in [-0.3, -0.25) is 0 Å². The Balaban J connectivity index is 2.26. The predicted octanol–water partition coefficient (Wildman–Crippen LogP) is 3.81. The van der Waals surface area contributed by atoms with Gasteiger partial charge in [0.2, 0.25) is 5.88 Å². The van der Waals surface area contributed by atoms with Crippen molar-refractivity contribution in [3.05, 3.63) is 66.2 Å². The summed E-state index contributed by atoms with van der Waals surface area (Å²) in [6, 6.07) is 19.9. The lowest BCUT2D eigenvalue weighted by Crippen LogP contribution is -1.99. The molecule has 0 aliphatic rings. The van der Waals surface area contributed by atoms with Gasteiger partial charge in [-0.25, -0.2) is 4.68 Å². The summed E-state index contributed by atoms with van der Waals surface area (Å²) in [5, 5.41) is 14.4. The van der Waals surface area contributed by atoms with Gasteiger partial charge in [-0.05, 0) is 18.6 Å². The summed E-state index contributed by atoms with van der Waals surface area (Å²) < 4.78 is 1.81. The van der Waals surface area contributed by atoms with Gasteiger partial charge in [-0.2, -0.15) is 0 Å². The summed E-state index contributed by atoms with van der Waals surface area (Å²) >= 11 is 0. The molecule has 2 aromatic carbocycles. The van der Waals surface area contributed by atoms with Crippen LogP contribution >= 0.6 is 0 Å². The molecule has 1 heterocycles. The van der Waals surface area contributed by atoms with Crippen molar-refractivity contribution in [2.45, 2.75) is 13.3 Å². The average molecular weight is 264 g/mol. The van der Waals surface area contributed by atoms with E-state index in [1.165, 1.54) is 0 Å². The number of nitrogens with zero attached hydrogens (tertiary/aromatic N) is 2. The Kier molecular flexibility index (Phi) is 3.25. The molecule has 0 aliphatic carbocycles. The third-order valence-electron chi connectivity index (χ3n) is 3.36. The van der Waals surface area contributed by atoms with Crippen molar-refractivity contribution in [3.63, 3.8) is 0 Å². The Bertz CT molecular complexity index is 703. The number of benzene rings is 2. The predicted molar refractivity (Wildman–Crippen MR) is 80.0 cm³/mol. The van der Waals surface area contributed by atoms with E-state index in [4.69, 9.17) is 0 Å². The second-order valence-corrected chi connectivity index (χ2v) is 4.62. The monoisotopic (exact) mass is 264 g/mol. The summed E-state index contributed by atoms with van der Waals surface area (Å²) in [6.45, 7) is 2.03. The van der Waals surface area contributed by atoms with Crippen LogP contribution in [-0.4, -0.2) is 14.9 Å². The van der Waals surface area contributed by atoms with Gasteiger partial charge in [-0.15, -0.1) is 5.10 Å². The highest BCUT2D eigenvalue weighted by atomic mass is 16.3. The fourth-order valence-electron chi connectivity index (χ4n) is 2.41. The fourth-order valence-corrected chi connectivity index (χ4v) is 2.41. The molecular formula is C17H16N2O. The smallest absolute Gasteiger partial charge is 0.234 e. The topological polar surface area (TPSA) is 38.1 Å². The maximum absolute atomic E-state index is 10.1. The van der Waals surface area contributed by atoms with E-state index in [1.54, 1.807) is 0 Å². The van der Waals surface area contributed by atoms with Crippen LogP contribution in [0.5, 0.6) is 5.88 Å². The van der Waals surface area contributed by atoms with Crippen LogP contribution in [0.1, 0.15) is 12.5 Å². The Morgan fingerprint density at radius 2 is 1.55 bits per heavy atom. The van der Waals surface area contributed by atoms with Crippen molar-refractivity contribution >= 4 is 0 Å². The Hall–Kier alpha value is -2.55. The lowest BCUT2D eigenvalue weighted by Gasteiger charge is -2.08. The number of hydrogen-bond acceptors (Lipinski definition) is 2. The average Bonchev–Trinajstić information content (AvgIpc) is 2.85. The van der Waals surface area contributed by atoms with E-state index in [9.17, 15) is 5.11 Å². The number of para-hydroxylation sites is 1. The second-order valence-electron chi connectivity index (χ2n) is 4.62. The van der Waals surface area contributed by atoms with Gasteiger partial charge in [0.1, 0.15) is 0 Å². The van der Waals surface area contributed by atoms with Crippen molar-refractivity contribution in [2.24, 2.45) is 0 Å². The van der Waals surface area contributed by atoms with Gasteiger partial charge in [-0.1, -0.05) is 55.5 Å². The molecular weight excluding hydrogens is 248 g/mol. The molecule has 3 nitrogen and oxygen atoms in total. The fraction of sp³-hybridized carbons (Fsp3) is 0.118. The minimum atomic E-state index is 0.107. The first-order valence-electron chi connectivity index (χ1n) is 6.73. The quantitative estimate of drug-likeness (QED) is 0.781. The van der Waals surface area contributed by atoms with Gasteiger partial charge < -0.3 is 5.11 Å². The Morgan fingerprint density at radius 1 is 0.950 bits per heavy atom. The summed E-state index contributed by atoms with van der Waals surface area (Å²) in [4.78, 5) is 0. The van der Waals surface area contributed by atoms with Crippen LogP contribution in [-0.2, 0) is 6.42 Å². The molecule has 0 bridgehead atoms. The minimum absolute atomic E-state index is 0.107. The van der Waals surface area contributed by atoms with E-state index >= 15 is 0 Å². The zero-order valence-corrected chi connectivity index (χ0v) is 11.3. The SMILES string of the molecule is CCc1c(O)nn(-c2ccccc2)c1-c1ccccc1. The molecule has 0 amide bonds. The first-order chi connectivity index (χ1) is 9.81. The molecule has 3 rings (SSSR count). The Labute approximate surface area is 118 Å². The Morgan fingerprint density at radius 3 is 2.15 bits per heavy atom. The summed E-state index contributed by atoms with van der Waals surface area (Å²) in [7, 11) is 0. The largest absolute Gasteiger partial charge is 0.492 e. The van der Waals surface area contributed by atoms with Crippen LogP contribution in [0.2, 0.25) is 0 Å². The second kappa shape index (κ2) is 5.21. The van der Waals surface area contributed by atoms with Crippen molar-refractivity contribution in [2.75, 3.05) is 0 Å². The lowest BCUT2D eigenvalue weighted by atomic mass is 10.1. The van der Waals surface area contributed by atoms with Crippen molar-refractivity contribution in [1.29, 1.82) is 0 Å². The summed E-state index contributed by atoms with van der Waals surface area (Å²) in [5.41, 5.74) is 3.83. The van der Waals surface area contributed by atoms with E-state index in [1.807, 2.05) is 72.3 Å². The molecule has 1 aromatic heterocycles. The van der Waals surface area contributed by atoms with Crippen molar-refractivity contribution in [1.82, 2.24) is 9.78 Å². The molecule has 3 aromatic rings. The normalized spacial score (nSPS) is 10.7. The molecule has 20 heavy (non-hydrogen) atoms. The molecule has 0 unspecified atom stereocenters. The first kappa shape index (κ1) is 12.5. The highest BCUT2D eigenvalue weighted by Crippen LogP contribution is 2.32. The van der Waals surface area contributed by atoms with Gasteiger partial charge >= 0.3 is 0 Å². The van der Waals surface area contributed by atoms with Crippen LogP contribution in [0.15, 0.2) is 60.7 Å². The van der Waals surface area contributed by atoms with Gasteiger partial charge in [0, 0.05) is 11.1 Å². The number of hydrogen-bond donors (Lipinski definition) is 1. The molecule has 0 radical (unpaired) electrons. The third kappa shape index (κ3) is 2.07. The van der Waals surface area contributed by atoms with E-state index in [-0.39, 0.29) is 5.88 Å². The van der Waals surface area contributed by atoms with Crippen molar-refractivity contribution in [3.8, 4) is 22.8 Å². The molecule has 0 fully saturated rings. The maximum atomic E-state index is 10.1. The summed E-state index contributed by atoms with van der Waals surface area (Å²) in [5.74, 6) is 0.107. The molecule has 100 valence electrons. The van der Waals surface area contributed by atoms with Crippen LogP contribution in [0, 0.1) is 0 Å². The van der Waals surface area contributed by atoms with Crippen LogP contribution < -0.4 is 0 Å². The van der Waals surface area contributed by atoms with E-state index in [0.717, 1.165) is 28.9 Å². The molecule has 0 saturated heterocycles. The number of aromatic hydroxyl groups is 1. The molecule has 0 spiro atoms. The van der Waals surface area contributed by atoms with Gasteiger partial charge in [0.15, 0.2) is 0 Å². The highest BCUT2D eigenvalue weighted by Gasteiger charge is 2.18. The molecule has 0 aliphatic heterocycles. The van der Waals surface area contributed by atoms with Crippen LogP contribution in [0.4, 0.5) is 0 Å². The van der Waals surface area contributed by atoms with E-state index in [0.29, 0.717) is 0 Å². The standard InChI is InChI=1S/C17H16N2O/c1-2-15-16(13-9-5-3-6-10-13)19(18-17(15)20)14-11-7-4-8-12-14/h3-12H,2H2,1H3,(H,18,20). The molecule has 3 heteroatoms. The molecule has 0 saturated carbocycles. The molecule has 0 atom stereocenters. The van der Waals surface area contributed by atoms with Gasteiger partial charge in [0.25, 0.3) is 0 Å². The maximum Gasteiger partial charge on any atom is 0.234 e. The third-order valence-corrected chi connectivity index (χ3v) is 3.36. The summed E-state index contributed by atoms with van der Waals surface area (Å²) in [6.07, 6.45) is 0.739. The van der Waals surface area contributed by atoms with Crippen LogP contribution in [0.3, 0.4) is 0 Å². The molecule has 1 N–H and O–H groups in total. The van der Waals surface area contributed by atoms with E-state index < -0.39 is 0 Å². The van der Waals surface area contributed by atoms with E-state index in [2.05, 4.69) is 5.10 Å². The zero-order chi connectivity index (χ0) is 13.9. The lowest BCUT2D eigenvalue weighted by molar-refractivity contribution is 0.443. The highest BCUT2D eigenvalue weighted by molar-refractivity contribution is 5.68. The minimum Gasteiger partial charge on any atom is -0.492 e. The van der Waals surface area contributed by atoms with Crippen LogP contribution in [0.25, 0.3) is 16.9 Å². The first-order valence-corrected chi connectivity index (χ1v) is 6.73. The number of aromatic nitrogens is 2.